The molecule has 0 saturated carbocycles. The molecule has 2 aromatic rings. The first-order valence-electron chi connectivity index (χ1n) is 6.70. The van der Waals surface area contributed by atoms with Crippen LogP contribution in [0.15, 0.2) is 34.8 Å². The molecule has 1 aromatic heterocycles. The standard InChI is InChI=1S/C16H17Br2NO2/c1-3-20-15-8-12(9-17)7-14(18)16(15)21-10-13-6-4-5-11(2)19-13/h4-8H,3,9-10H2,1-2H3. The summed E-state index contributed by atoms with van der Waals surface area (Å²) in [5.74, 6) is 1.46. The molecule has 3 nitrogen and oxygen atoms in total. The van der Waals surface area contributed by atoms with Crippen LogP contribution in [0.2, 0.25) is 0 Å². The molecule has 5 heteroatoms. The lowest BCUT2D eigenvalue weighted by Gasteiger charge is -2.15. The first-order chi connectivity index (χ1) is 10.1. The molecule has 1 heterocycles. The number of nitrogens with zero attached hydrogens (tertiary/aromatic N) is 1. The fourth-order valence-electron chi connectivity index (χ4n) is 1.93. The average molecular weight is 415 g/mol. The van der Waals surface area contributed by atoms with E-state index in [0.717, 1.165) is 32.5 Å². The van der Waals surface area contributed by atoms with Crippen LogP contribution in [-0.4, -0.2) is 11.6 Å². The van der Waals surface area contributed by atoms with Crippen LogP contribution in [0.3, 0.4) is 0 Å². The molecular formula is C16H17Br2NO2. The maximum absolute atomic E-state index is 5.91. The number of ether oxygens (including phenoxy) is 2. The first kappa shape index (κ1) is 16.3. The summed E-state index contributed by atoms with van der Waals surface area (Å²) in [6, 6.07) is 9.91. The van der Waals surface area contributed by atoms with Gasteiger partial charge in [0.15, 0.2) is 11.5 Å². The fraction of sp³-hybridized carbons (Fsp3) is 0.312. The first-order valence-corrected chi connectivity index (χ1v) is 8.62. The van der Waals surface area contributed by atoms with Crippen LogP contribution in [-0.2, 0) is 11.9 Å². The highest BCUT2D eigenvalue weighted by Gasteiger charge is 2.12. The van der Waals surface area contributed by atoms with Crippen molar-refractivity contribution in [1.29, 1.82) is 0 Å². The number of aromatic nitrogens is 1. The Bertz CT molecular complexity index is 617. The number of halogens is 2. The molecule has 0 radical (unpaired) electrons. The number of rotatable bonds is 6. The fourth-order valence-corrected chi connectivity index (χ4v) is 2.86. The van der Waals surface area contributed by atoms with Crippen molar-refractivity contribution >= 4 is 31.9 Å². The summed E-state index contributed by atoms with van der Waals surface area (Å²) in [5, 5.41) is 0.769. The second-order valence-electron chi connectivity index (χ2n) is 4.53. The lowest BCUT2D eigenvalue weighted by Crippen LogP contribution is -2.03. The van der Waals surface area contributed by atoms with Gasteiger partial charge in [0, 0.05) is 11.0 Å². The molecule has 0 amide bonds. The summed E-state index contributed by atoms with van der Waals surface area (Å²) in [6.45, 7) is 4.93. The van der Waals surface area contributed by atoms with E-state index in [1.807, 2.05) is 44.2 Å². The lowest BCUT2D eigenvalue weighted by molar-refractivity contribution is 0.264. The molecule has 112 valence electrons. The van der Waals surface area contributed by atoms with Crippen LogP contribution in [0.25, 0.3) is 0 Å². The van der Waals surface area contributed by atoms with Gasteiger partial charge < -0.3 is 9.47 Å². The Hall–Kier alpha value is -1.07. The minimum Gasteiger partial charge on any atom is -0.490 e. The smallest absolute Gasteiger partial charge is 0.175 e. The molecule has 0 saturated heterocycles. The number of aryl methyl sites for hydroxylation is 1. The number of alkyl halides is 1. The summed E-state index contributed by atoms with van der Waals surface area (Å²) in [5.41, 5.74) is 3.01. The third kappa shape index (κ3) is 4.45. The van der Waals surface area contributed by atoms with Gasteiger partial charge in [0.1, 0.15) is 6.61 Å². The van der Waals surface area contributed by atoms with Crippen molar-refractivity contribution in [2.45, 2.75) is 25.8 Å². The molecule has 0 bridgehead atoms. The SMILES string of the molecule is CCOc1cc(CBr)cc(Br)c1OCc1cccc(C)n1. The summed E-state index contributed by atoms with van der Waals surface area (Å²) in [4.78, 5) is 4.44. The maximum atomic E-state index is 5.91. The highest BCUT2D eigenvalue weighted by Crippen LogP contribution is 2.37. The number of pyridine rings is 1. The van der Waals surface area contributed by atoms with Gasteiger partial charge in [0.25, 0.3) is 0 Å². The van der Waals surface area contributed by atoms with Gasteiger partial charge in [0.2, 0.25) is 0 Å². The zero-order valence-electron chi connectivity index (χ0n) is 12.0. The Morgan fingerprint density at radius 2 is 2.00 bits per heavy atom. The van der Waals surface area contributed by atoms with E-state index >= 15 is 0 Å². The van der Waals surface area contributed by atoms with Crippen molar-refractivity contribution < 1.29 is 9.47 Å². The zero-order chi connectivity index (χ0) is 15.2. The molecule has 0 fully saturated rings. The van der Waals surface area contributed by atoms with E-state index in [4.69, 9.17) is 9.47 Å². The van der Waals surface area contributed by atoms with E-state index in [1.165, 1.54) is 0 Å². The van der Waals surface area contributed by atoms with Gasteiger partial charge in [-0.15, -0.1) is 0 Å². The quantitative estimate of drug-likeness (QED) is 0.621. The molecule has 0 atom stereocenters. The summed E-state index contributed by atoms with van der Waals surface area (Å²) in [6.07, 6.45) is 0. The summed E-state index contributed by atoms with van der Waals surface area (Å²) in [7, 11) is 0. The molecule has 0 unspecified atom stereocenters. The third-order valence-corrected chi connectivity index (χ3v) is 4.07. The van der Waals surface area contributed by atoms with Crippen molar-refractivity contribution in [2.75, 3.05) is 6.61 Å². The second-order valence-corrected chi connectivity index (χ2v) is 5.95. The lowest BCUT2D eigenvalue weighted by atomic mass is 10.2. The van der Waals surface area contributed by atoms with Crippen LogP contribution in [0.4, 0.5) is 0 Å². The molecule has 0 aliphatic rings. The molecule has 0 aliphatic carbocycles. The van der Waals surface area contributed by atoms with Crippen LogP contribution in [0.1, 0.15) is 23.9 Å². The van der Waals surface area contributed by atoms with Gasteiger partial charge in [-0.25, -0.2) is 0 Å². The van der Waals surface area contributed by atoms with Crippen LogP contribution >= 0.6 is 31.9 Å². The third-order valence-electron chi connectivity index (χ3n) is 2.83. The normalized spacial score (nSPS) is 10.5. The van der Waals surface area contributed by atoms with E-state index in [0.29, 0.717) is 19.0 Å². The van der Waals surface area contributed by atoms with Crippen molar-refractivity contribution in [2.24, 2.45) is 0 Å². The van der Waals surface area contributed by atoms with E-state index in [1.54, 1.807) is 0 Å². The monoisotopic (exact) mass is 413 g/mol. The number of hydrogen-bond donors (Lipinski definition) is 0. The van der Waals surface area contributed by atoms with Gasteiger partial charge in [-0.05, 0) is 59.6 Å². The molecule has 21 heavy (non-hydrogen) atoms. The van der Waals surface area contributed by atoms with Gasteiger partial charge in [0.05, 0.1) is 16.8 Å². The minimum absolute atomic E-state index is 0.411. The average Bonchev–Trinajstić information content (AvgIpc) is 2.46. The molecular weight excluding hydrogens is 398 g/mol. The Kier molecular flexibility index (Phi) is 6.06. The van der Waals surface area contributed by atoms with E-state index in [9.17, 15) is 0 Å². The maximum Gasteiger partial charge on any atom is 0.175 e. The van der Waals surface area contributed by atoms with Crippen molar-refractivity contribution in [3.63, 3.8) is 0 Å². The summed E-state index contributed by atoms with van der Waals surface area (Å²) >= 11 is 7.01. The largest absolute Gasteiger partial charge is 0.490 e. The Morgan fingerprint density at radius 3 is 2.67 bits per heavy atom. The zero-order valence-corrected chi connectivity index (χ0v) is 15.2. The van der Waals surface area contributed by atoms with Gasteiger partial charge in [-0.3, -0.25) is 4.98 Å². The van der Waals surface area contributed by atoms with Gasteiger partial charge in [-0.2, -0.15) is 0 Å². The molecule has 0 aliphatic heterocycles. The summed E-state index contributed by atoms with van der Waals surface area (Å²) < 4.78 is 12.5. The van der Waals surface area contributed by atoms with Crippen LogP contribution in [0, 0.1) is 6.92 Å². The minimum atomic E-state index is 0.411. The van der Waals surface area contributed by atoms with Gasteiger partial charge >= 0.3 is 0 Å². The highest BCUT2D eigenvalue weighted by molar-refractivity contribution is 9.10. The highest BCUT2D eigenvalue weighted by atomic mass is 79.9. The van der Waals surface area contributed by atoms with Gasteiger partial charge in [-0.1, -0.05) is 22.0 Å². The number of hydrogen-bond acceptors (Lipinski definition) is 3. The molecule has 0 spiro atoms. The van der Waals surface area contributed by atoms with Crippen LogP contribution in [0.5, 0.6) is 11.5 Å². The molecule has 1 aromatic carbocycles. The second kappa shape index (κ2) is 7.80. The van der Waals surface area contributed by atoms with Crippen LogP contribution < -0.4 is 9.47 Å². The molecule has 2 rings (SSSR count). The van der Waals surface area contributed by atoms with Crippen molar-refractivity contribution in [3.8, 4) is 11.5 Å². The Balaban J connectivity index is 2.22. The van der Waals surface area contributed by atoms with Crippen molar-refractivity contribution in [3.05, 3.63) is 51.8 Å². The molecule has 0 N–H and O–H groups in total. The topological polar surface area (TPSA) is 31.4 Å². The van der Waals surface area contributed by atoms with E-state index in [-0.39, 0.29) is 0 Å². The predicted octanol–water partition coefficient (Wildman–Crippen LogP) is 5.03. The predicted molar refractivity (Wildman–Crippen MR) is 91.2 cm³/mol. The number of benzene rings is 1. The Labute approximate surface area is 141 Å². The van der Waals surface area contributed by atoms with Crippen molar-refractivity contribution in [1.82, 2.24) is 4.98 Å². The van der Waals surface area contributed by atoms with E-state index < -0.39 is 0 Å². The van der Waals surface area contributed by atoms with E-state index in [2.05, 4.69) is 36.8 Å². The Morgan fingerprint density at radius 1 is 1.19 bits per heavy atom.